The molecule has 8 atom stereocenters. The second-order valence-electron chi connectivity index (χ2n) is 16.1. The van der Waals surface area contributed by atoms with Crippen LogP contribution in [0.3, 0.4) is 0 Å². The molecule has 0 bridgehead atoms. The van der Waals surface area contributed by atoms with Gasteiger partial charge in [-0.25, -0.2) is 9.13 Å². The maximum absolute atomic E-state index is 12.8. The topological polar surface area (TPSA) is 273 Å². The molecular weight excluding hydrogens is 814 g/mol. The van der Waals surface area contributed by atoms with Gasteiger partial charge in [0.2, 0.25) is 0 Å². The van der Waals surface area contributed by atoms with Crippen molar-refractivity contribution >= 4 is 33.4 Å². The van der Waals surface area contributed by atoms with Crippen LogP contribution in [0.4, 0.5) is 0 Å². The smallest absolute Gasteiger partial charge is 0.462 e. The van der Waals surface area contributed by atoms with Crippen LogP contribution in [0.5, 0.6) is 0 Å². The summed E-state index contributed by atoms with van der Waals surface area (Å²) in [5, 5.41) is 41.0. The molecule has 346 valence electrons. The zero-order valence-corrected chi connectivity index (χ0v) is 37.1. The van der Waals surface area contributed by atoms with Crippen molar-refractivity contribution in [2.75, 3.05) is 26.4 Å². The molecule has 1 aliphatic carbocycles. The normalized spacial score (nSPS) is 21.1. The highest BCUT2D eigenvalue weighted by Crippen LogP contribution is 2.44. The van der Waals surface area contributed by atoms with Gasteiger partial charge in [0, 0.05) is 43.9 Å². The summed E-state index contributed by atoms with van der Waals surface area (Å²) in [5.41, 5.74) is 0. The van der Waals surface area contributed by atoms with E-state index in [2.05, 4.69) is 29.8 Å². The monoisotopic (exact) mass is 888 g/mol. The first-order chi connectivity index (χ1) is 27.8. The molecule has 59 heavy (non-hydrogen) atoms. The summed E-state index contributed by atoms with van der Waals surface area (Å²) >= 11 is 0. The Hall–Kier alpha value is -1.59. The lowest BCUT2D eigenvalue weighted by molar-refractivity contribution is -0.161. The molecule has 0 saturated heterocycles. The Labute approximate surface area is 350 Å². The molecule has 0 aromatic carbocycles. The molecule has 1 saturated carbocycles. The van der Waals surface area contributed by atoms with Crippen LogP contribution in [-0.4, -0.2) is 110 Å². The fourth-order valence-electron chi connectivity index (χ4n) is 6.70. The Morgan fingerprint density at radius 2 is 1.25 bits per heavy atom. The van der Waals surface area contributed by atoms with E-state index in [1.54, 1.807) is 12.2 Å². The number of phosphoric ester groups is 2. The van der Waals surface area contributed by atoms with E-state index >= 15 is 0 Å². The predicted octanol–water partition coefficient (Wildman–Crippen LogP) is 5.98. The van der Waals surface area contributed by atoms with Crippen molar-refractivity contribution in [1.82, 2.24) is 0 Å². The van der Waals surface area contributed by atoms with Gasteiger partial charge in [0.15, 0.2) is 6.10 Å². The second kappa shape index (κ2) is 31.3. The lowest BCUT2D eigenvalue weighted by Gasteiger charge is -2.21. The molecule has 1 aliphatic rings. The summed E-state index contributed by atoms with van der Waals surface area (Å²) in [7, 11) is -9.79. The van der Waals surface area contributed by atoms with Gasteiger partial charge in [-0.15, -0.1) is 0 Å². The van der Waals surface area contributed by atoms with Gasteiger partial charge in [0.25, 0.3) is 0 Å². The third-order valence-corrected chi connectivity index (χ3v) is 11.5. The molecule has 17 nitrogen and oxygen atoms in total. The van der Waals surface area contributed by atoms with Crippen molar-refractivity contribution in [1.29, 1.82) is 0 Å². The minimum absolute atomic E-state index is 0.0355. The van der Waals surface area contributed by atoms with Crippen molar-refractivity contribution in [3.63, 3.8) is 0 Å². The van der Waals surface area contributed by atoms with Crippen LogP contribution in [-0.2, 0) is 46.6 Å². The third kappa shape index (κ3) is 29.4. The summed E-state index contributed by atoms with van der Waals surface area (Å²) in [6.07, 6.45) is 11.7. The van der Waals surface area contributed by atoms with Crippen LogP contribution >= 0.6 is 15.6 Å². The molecule has 0 radical (unpaired) electrons. The first-order valence-corrected chi connectivity index (χ1v) is 24.4. The molecule has 0 spiro atoms. The highest BCUT2D eigenvalue weighted by Gasteiger charge is 2.41. The number of ether oxygens (including phenoxy) is 2. The number of carbonyl (C=O) groups is 3. The number of hydrogen-bond acceptors (Lipinski definition) is 14. The van der Waals surface area contributed by atoms with Gasteiger partial charge in [-0.3, -0.25) is 28.0 Å². The zero-order chi connectivity index (χ0) is 44.3. The quantitative estimate of drug-likeness (QED) is 0.0165. The third-order valence-electron chi connectivity index (χ3n) is 10.1. The Morgan fingerprint density at radius 3 is 1.90 bits per heavy atom. The van der Waals surface area contributed by atoms with Crippen LogP contribution in [0.2, 0.25) is 0 Å². The zero-order valence-electron chi connectivity index (χ0n) is 35.4. The molecule has 7 N–H and O–H groups in total. The van der Waals surface area contributed by atoms with E-state index in [9.17, 15) is 48.8 Å². The van der Waals surface area contributed by atoms with Crippen LogP contribution in [0.25, 0.3) is 0 Å². The Bertz CT molecular complexity index is 1290. The Balaban J connectivity index is 2.60. The minimum Gasteiger partial charge on any atom is -0.462 e. The van der Waals surface area contributed by atoms with E-state index in [1.807, 2.05) is 0 Å². The van der Waals surface area contributed by atoms with E-state index in [0.717, 1.165) is 44.9 Å². The molecule has 0 heterocycles. The van der Waals surface area contributed by atoms with Crippen molar-refractivity contribution in [2.24, 2.45) is 17.8 Å². The van der Waals surface area contributed by atoms with Crippen molar-refractivity contribution in [2.45, 2.75) is 180 Å². The molecule has 0 aliphatic heterocycles. The number of ketones is 1. The lowest BCUT2D eigenvalue weighted by atomic mass is 9.87. The molecule has 19 heteroatoms. The summed E-state index contributed by atoms with van der Waals surface area (Å²) < 4.78 is 47.6. The number of phosphoric acid groups is 2. The number of rotatable bonds is 36. The van der Waals surface area contributed by atoms with Crippen LogP contribution in [0, 0.1) is 17.8 Å². The van der Waals surface area contributed by atoms with Crippen molar-refractivity contribution in [3.8, 4) is 0 Å². The number of unbranched alkanes of at least 4 members (excludes halogenated alkanes) is 10. The summed E-state index contributed by atoms with van der Waals surface area (Å²) in [4.78, 5) is 65.6. The molecule has 0 amide bonds. The molecule has 1 rings (SSSR count). The maximum atomic E-state index is 12.8. The van der Waals surface area contributed by atoms with Crippen LogP contribution in [0.1, 0.15) is 149 Å². The average Bonchev–Trinajstić information content (AvgIpc) is 3.42. The second-order valence-corrected chi connectivity index (χ2v) is 18.8. The molecule has 1 unspecified atom stereocenters. The van der Waals surface area contributed by atoms with Gasteiger partial charge in [-0.2, -0.15) is 0 Å². The first-order valence-electron chi connectivity index (χ1n) is 21.4. The molecule has 1 fully saturated rings. The predicted molar refractivity (Wildman–Crippen MR) is 219 cm³/mol. The van der Waals surface area contributed by atoms with E-state index < -0.39 is 96.4 Å². The van der Waals surface area contributed by atoms with Gasteiger partial charge >= 0.3 is 27.6 Å². The van der Waals surface area contributed by atoms with Gasteiger partial charge in [-0.05, 0) is 31.6 Å². The van der Waals surface area contributed by atoms with E-state index in [4.69, 9.17) is 23.8 Å². The fraction of sp³-hybridized carbons (Fsp3) is 0.875. The maximum Gasteiger partial charge on any atom is 0.472 e. The highest BCUT2D eigenvalue weighted by atomic mass is 31.2. The van der Waals surface area contributed by atoms with E-state index in [-0.39, 0.29) is 44.3 Å². The largest absolute Gasteiger partial charge is 0.472 e. The van der Waals surface area contributed by atoms with Gasteiger partial charge < -0.3 is 44.6 Å². The van der Waals surface area contributed by atoms with Gasteiger partial charge in [-0.1, -0.05) is 104 Å². The SMILES string of the molecule is CCCCC[C@H](O)/C=C/[C@@H]1[C@@H](CC(=O)CCCCC(=O)OC[C@H](COP(=O)(O)OC[C@@H](O)COP(=O)(O)O)OC(=O)CCCCCCCCCCC(C)C)[C@@H](O)C[C@H]1O. The van der Waals surface area contributed by atoms with Crippen molar-refractivity contribution < 1.29 is 81.7 Å². The first kappa shape index (κ1) is 55.4. The minimum atomic E-state index is -4.90. The van der Waals surface area contributed by atoms with Gasteiger partial charge in [0.05, 0.1) is 38.1 Å². The molecule has 0 aromatic rings. The number of Topliss-reactive ketones (excluding diaryl/α,β-unsaturated/α-hetero) is 1. The molecule has 0 aromatic heterocycles. The summed E-state index contributed by atoms with van der Waals surface area (Å²) in [6, 6.07) is 0. The molecular formula is C40H74O17P2. The average molecular weight is 889 g/mol. The van der Waals surface area contributed by atoms with Crippen LogP contribution in [0.15, 0.2) is 12.2 Å². The number of hydrogen-bond donors (Lipinski definition) is 7. The highest BCUT2D eigenvalue weighted by molar-refractivity contribution is 7.47. The number of carbonyl (C=O) groups excluding carboxylic acids is 3. The number of aliphatic hydroxyl groups is 4. The fourth-order valence-corrected chi connectivity index (χ4v) is 7.86. The van der Waals surface area contributed by atoms with E-state index in [0.29, 0.717) is 25.2 Å². The van der Waals surface area contributed by atoms with Crippen LogP contribution < -0.4 is 0 Å². The van der Waals surface area contributed by atoms with Crippen molar-refractivity contribution in [3.05, 3.63) is 12.2 Å². The number of esters is 2. The standard InChI is InChI=1S/C40H74O17P2/c1-4-5-12-18-31(41)22-23-35-36(38(45)25-37(35)44)24-32(42)19-15-16-20-39(46)53-28-34(29-56-59(51,52)55-27-33(43)26-54-58(48,49)50)57-40(47)21-14-11-9-7-6-8-10-13-17-30(2)3/h22-23,30-31,33-38,41,43-45H,4-21,24-29H2,1-3H3,(H,51,52)(H2,48,49,50)/b23-22+/t31-,33-,34+,35+,36+,37+,38-/m0/s1. The number of aliphatic hydroxyl groups excluding tert-OH is 4. The lowest BCUT2D eigenvalue weighted by Crippen LogP contribution is -2.30. The Kier molecular flexibility index (Phi) is 29.4. The Morgan fingerprint density at radius 1 is 0.695 bits per heavy atom. The van der Waals surface area contributed by atoms with E-state index in [1.165, 1.54) is 25.7 Å². The summed E-state index contributed by atoms with van der Waals surface area (Å²) in [6.45, 7) is 3.45. The van der Waals surface area contributed by atoms with Gasteiger partial charge in [0.1, 0.15) is 18.5 Å². The summed E-state index contributed by atoms with van der Waals surface area (Å²) in [5.74, 6) is -1.72.